The second-order valence-corrected chi connectivity index (χ2v) is 6.84. The van der Waals surface area contributed by atoms with Gasteiger partial charge in [0.1, 0.15) is 5.75 Å². The minimum atomic E-state index is -3.08. The number of hydrogen-bond donors (Lipinski definition) is 2. The molecule has 0 atom stereocenters. The lowest BCUT2D eigenvalue weighted by atomic mass is 10.2. The highest BCUT2D eigenvalue weighted by atomic mass is 79.9. The molecule has 0 fully saturated rings. The molecule has 0 bridgehead atoms. The first-order chi connectivity index (χ1) is 8.92. The van der Waals surface area contributed by atoms with Gasteiger partial charge in [0.05, 0.1) is 13.4 Å². The summed E-state index contributed by atoms with van der Waals surface area (Å²) in [7, 11) is -1.44. The zero-order valence-electron chi connectivity index (χ0n) is 11.1. The Kier molecular flexibility index (Phi) is 6.78. The van der Waals surface area contributed by atoms with E-state index < -0.39 is 10.0 Å². The molecule has 7 heteroatoms. The summed E-state index contributed by atoms with van der Waals surface area (Å²) in [5.74, 6) is 0.818. The van der Waals surface area contributed by atoms with Crippen LogP contribution in [0.5, 0.6) is 5.75 Å². The quantitative estimate of drug-likeness (QED) is 0.697. The third-order valence-corrected chi connectivity index (χ3v) is 3.97. The molecular weight excluding hydrogens is 332 g/mol. The SMILES string of the molecule is COc1ccc(Br)c(CNCCCNS(C)(=O)=O)c1. The molecule has 0 amide bonds. The molecule has 0 spiro atoms. The number of ether oxygens (including phenoxy) is 1. The van der Waals surface area contributed by atoms with Crippen molar-refractivity contribution in [3.8, 4) is 5.75 Å². The van der Waals surface area contributed by atoms with Gasteiger partial charge in [-0.1, -0.05) is 15.9 Å². The zero-order valence-corrected chi connectivity index (χ0v) is 13.5. The summed E-state index contributed by atoms with van der Waals surface area (Å²) in [6.07, 6.45) is 1.91. The van der Waals surface area contributed by atoms with Gasteiger partial charge in [-0.2, -0.15) is 0 Å². The Balaban J connectivity index is 2.29. The van der Waals surface area contributed by atoms with Crippen LogP contribution in [0.15, 0.2) is 22.7 Å². The van der Waals surface area contributed by atoms with Crippen molar-refractivity contribution in [2.24, 2.45) is 0 Å². The van der Waals surface area contributed by atoms with Crippen molar-refractivity contribution in [3.63, 3.8) is 0 Å². The van der Waals surface area contributed by atoms with Crippen molar-refractivity contribution in [3.05, 3.63) is 28.2 Å². The largest absolute Gasteiger partial charge is 0.497 e. The van der Waals surface area contributed by atoms with Crippen LogP contribution in [-0.4, -0.2) is 34.9 Å². The molecule has 0 unspecified atom stereocenters. The normalized spacial score (nSPS) is 11.5. The maximum Gasteiger partial charge on any atom is 0.208 e. The van der Waals surface area contributed by atoms with Crippen LogP contribution < -0.4 is 14.8 Å². The van der Waals surface area contributed by atoms with Gasteiger partial charge in [-0.25, -0.2) is 13.1 Å². The molecular formula is C12H19BrN2O3S. The molecule has 0 saturated heterocycles. The fraction of sp³-hybridized carbons (Fsp3) is 0.500. The summed E-state index contributed by atoms with van der Waals surface area (Å²) in [6, 6.07) is 5.80. The van der Waals surface area contributed by atoms with Crippen LogP contribution in [0.4, 0.5) is 0 Å². The lowest BCUT2D eigenvalue weighted by Gasteiger charge is -2.09. The van der Waals surface area contributed by atoms with Gasteiger partial charge in [-0.05, 0) is 36.7 Å². The van der Waals surface area contributed by atoms with E-state index in [2.05, 4.69) is 26.0 Å². The fourth-order valence-corrected chi connectivity index (χ4v) is 2.41. The first-order valence-corrected chi connectivity index (χ1v) is 8.58. The number of methoxy groups -OCH3 is 1. The summed E-state index contributed by atoms with van der Waals surface area (Å²) >= 11 is 3.48. The van der Waals surface area contributed by atoms with Gasteiger partial charge in [0.2, 0.25) is 10.0 Å². The Hall–Kier alpha value is -0.630. The second-order valence-electron chi connectivity index (χ2n) is 4.15. The third kappa shape index (κ3) is 6.91. The van der Waals surface area contributed by atoms with Gasteiger partial charge >= 0.3 is 0 Å². The van der Waals surface area contributed by atoms with Gasteiger partial charge in [0, 0.05) is 17.6 Å². The van der Waals surface area contributed by atoms with Crippen LogP contribution in [0.3, 0.4) is 0 Å². The molecule has 5 nitrogen and oxygen atoms in total. The van der Waals surface area contributed by atoms with E-state index in [1.165, 1.54) is 0 Å². The maximum atomic E-state index is 10.8. The highest BCUT2D eigenvalue weighted by molar-refractivity contribution is 9.10. The van der Waals surface area contributed by atoms with E-state index in [0.29, 0.717) is 13.1 Å². The minimum absolute atomic E-state index is 0.450. The topological polar surface area (TPSA) is 67.4 Å². The van der Waals surface area contributed by atoms with Gasteiger partial charge in [0.25, 0.3) is 0 Å². The first kappa shape index (κ1) is 16.4. The van der Waals surface area contributed by atoms with Crippen molar-refractivity contribution in [2.75, 3.05) is 26.5 Å². The predicted molar refractivity (Wildman–Crippen MR) is 79.9 cm³/mol. The van der Waals surface area contributed by atoms with E-state index in [4.69, 9.17) is 4.74 Å². The van der Waals surface area contributed by atoms with Crippen LogP contribution in [-0.2, 0) is 16.6 Å². The molecule has 2 N–H and O–H groups in total. The monoisotopic (exact) mass is 350 g/mol. The van der Waals surface area contributed by atoms with Crippen molar-refractivity contribution in [1.82, 2.24) is 10.0 Å². The van der Waals surface area contributed by atoms with E-state index in [-0.39, 0.29) is 0 Å². The molecule has 0 radical (unpaired) electrons. The van der Waals surface area contributed by atoms with Crippen LogP contribution in [0, 0.1) is 0 Å². The van der Waals surface area contributed by atoms with Gasteiger partial charge in [-0.3, -0.25) is 0 Å². The number of benzene rings is 1. The van der Waals surface area contributed by atoms with Gasteiger partial charge in [0.15, 0.2) is 0 Å². The van der Waals surface area contributed by atoms with Crippen molar-refractivity contribution in [1.29, 1.82) is 0 Å². The number of sulfonamides is 1. The first-order valence-electron chi connectivity index (χ1n) is 5.90. The van der Waals surface area contributed by atoms with E-state index >= 15 is 0 Å². The number of nitrogens with one attached hydrogen (secondary N) is 2. The van der Waals surface area contributed by atoms with E-state index in [1.54, 1.807) is 7.11 Å². The van der Waals surface area contributed by atoms with Crippen molar-refractivity contribution < 1.29 is 13.2 Å². The molecule has 0 aliphatic rings. The summed E-state index contributed by atoms with van der Waals surface area (Å²) in [5, 5.41) is 3.26. The third-order valence-electron chi connectivity index (χ3n) is 2.46. The molecule has 0 aliphatic heterocycles. The fourth-order valence-electron chi connectivity index (χ4n) is 1.51. The summed E-state index contributed by atoms with van der Waals surface area (Å²) in [6.45, 7) is 1.90. The zero-order chi connectivity index (χ0) is 14.3. The number of hydrogen-bond acceptors (Lipinski definition) is 4. The molecule has 1 rings (SSSR count). The molecule has 1 aromatic carbocycles. The summed E-state index contributed by atoms with van der Waals surface area (Å²) < 4.78 is 30.3. The molecule has 19 heavy (non-hydrogen) atoms. The standard InChI is InChI=1S/C12H19BrN2O3S/c1-18-11-4-5-12(13)10(8-11)9-14-6-3-7-15-19(2,16)17/h4-5,8,14-15H,3,6-7,9H2,1-2H3. The maximum absolute atomic E-state index is 10.8. The lowest BCUT2D eigenvalue weighted by Crippen LogP contribution is -2.26. The highest BCUT2D eigenvalue weighted by Crippen LogP contribution is 2.22. The van der Waals surface area contributed by atoms with Gasteiger partial charge in [-0.15, -0.1) is 0 Å². The number of halogens is 1. The minimum Gasteiger partial charge on any atom is -0.497 e. The van der Waals surface area contributed by atoms with Crippen LogP contribution >= 0.6 is 15.9 Å². The van der Waals surface area contributed by atoms with Crippen LogP contribution in [0.2, 0.25) is 0 Å². The predicted octanol–water partition coefficient (Wildman–Crippen LogP) is 1.49. The molecule has 0 saturated carbocycles. The van der Waals surface area contributed by atoms with E-state index in [9.17, 15) is 8.42 Å². The lowest BCUT2D eigenvalue weighted by molar-refractivity contribution is 0.414. The molecule has 0 heterocycles. The smallest absolute Gasteiger partial charge is 0.208 e. The molecule has 0 aliphatic carbocycles. The average Bonchev–Trinajstić information content (AvgIpc) is 2.34. The van der Waals surface area contributed by atoms with Gasteiger partial charge < -0.3 is 10.1 Å². The Labute approximate surface area is 122 Å². The Bertz CT molecular complexity index is 506. The number of rotatable bonds is 8. The van der Waals surface area contributed by atoms with E-state index in [0.717, 1.165) is 35.0 Å². The van der Waals surface area contributed by atoms with Crippen LogP contribution in [0.1, 0.15) is 12.0 Å². The summed E-state index contributed by atoms with van der Waals surface area (Å²) in [5.41, 5.74) is 1.11. The molecule has 0 aromatic heterocycles. The van der Waals surface area contributed by atoms with Crippen LogP contribution in [0.25, 0.3) is 0 Å². The highest BCUT2D eigenvalue weighted by Gasteiger charge is 2.02. The molecule has 1 aromatic rings. The average molecular weight is 351 g/mol. The molecule has 108 valence electrons. The van der Waals surface area contributed by atoms with Crippen molar-refractivity contribution >= 4 is 26.0 Å². The summed E-state index contributed by atoms with van der Waals surface area (Å²) in [4.78, 5) is 0. The van der Waals surface area contributed by atoms with Crippen molar-refractivity contribution in [2.45, 2.75) is 13.0 Å². The Morgan fingerprint density at radius 3 is 2.68 bits per heavy atom. The Morgan fingerprint density at radius 1 is 1.32 bits per heavy atom. The Morgan fingerprint density at radius 2 is 2.05 bits per heavy atom. The van der Waals surface area contributed by atoms with E-state index in [1.807, 2.05) is 18.2 Å². The second kappa shape index (κ2) is 7.84.